The predicted octanol–water partition coefficient (Wildman–Crippen LogP) is 6.51. The first-order chi connectivity index (χ1) is 21.1. The summed E-state index contributed by atoms with van der Waals surface area (Å²) in [4.78, 5) is 2.87. The van der Waals surface area contributed by atoms with Crippen LogP contribution < -0.4 is 4.74 Å². The topological polar surface area (TPSA) is 87.2 Å². The third kappa shape index (κ3) is 10.8. The van der Waals surface area contributed by atoms with Crippen molar-refractivity contribution in [3.63, 3.8) is 0 Å². The quantitative estimate of drug-likeness (QED) is 0.210. The van der Waals surface area contributed by atoms with E-state index < -0.39 is 20.0 Å². The van der Waals surface area contributed by atoms with Crippen LogP contribution in [0.25, 0.3) is 0 Å². The van der Waals surface area contributed by atoms with Crippen molar-refractivity contribution in [3.05, 3.63) is 66.2 Å². The van der Waals surface area contributed by atoms with Gasteiger partial charge in [-0.3, -0.25) is 0 Å². The summed E-state index contributed by atoms with van der Waals surface area (Å²) in [5.41, 5.74) is 1.53. The van der Waals surface area contributed by atoms with Crippen molar-refractivity contribution < 1.29 is 21.6 Å². The molecule has 0 bridgehead atoms. The lowest BCUT2D eigenvalue weighted by molar-refractivity contribution is 0.188. The Labute approximate surface area is 278 Å². The second-order valence-corrected chi connectivity index (χ2v) is 16.3. The smallest absolute Gasteiger partial charge is 0.243 e. The molecule has 0 atom stereocenters. The average Bonchev–Trinajstić information content (AvgIpc) is 3.00. The van der Waals surface area contributed by atoms with E-state index in [1.54, 1.807) is 48.5 Å². The Kier molecular flexibility index (Phi) is 14.9. The number of hydrogen-bond acceptors (Lipinski definition) is 6. The molecule has 0 amide bonds. The van der Waals surface area contributed by atoms with Crippen LogP contribution in [0.3, 0.4) is 0 Å². The Morgan fingerprint density at radius 2 is 1.27 bits per heavy atom. The monoisotopic (exact) mass is 681 g/mol. The first kappa shape index (κ1) is 37.5. The fourth-order valence-electron chi connectivity index (χ4n) is 6.14. The van der Waals surface area contributed by atoms with Gasteiger partial charge in [0.1, 0.15) is 5.75 Å². The average molecular weight is 682 g/mol. The fraction of sp³-hybridized carbons (Fsp3) is 0.588. The minimum atomic E-state index is -3.85. The molecule has 0 radical (unpaired) electrons. The van der Waals surface area contributed by atoms with Crippen LogP contribution in [0.5, 0.6) is 5.75 Å². The second-order valence-electron chi connectivity index (χ2n) is 12.4. The van der Waals surface area contributed by atoms with Crippen LogP contribution in [-0.4, -0.2) is 82.8 Å². The van der Waals surface area contributed by atoms with Gasteiger partial charge in [0, 0.05) is 32.7 Å². The molecule has 0 N–H and O–H groups in total. The van der Waals surface area contributed by atoms with Crippen molar-refractivity contribution >= 4 is 32.5 Å². The Morgan fingerprint density at radius 1 is 0.756 bits per heavy atom. The first-order valence-electron chi connectivity index (χ1n) is 16.3. The molecule has 1 saturated heterocycles. The molecular weight excluding hydrogens is 630 g/mol. The number of nitrogens with zero attached hydrogens (tertiary/aromatic N) is 3. The van der Waals surface area contributed by atoms with Gasteiger partial charge in [0.15, 0.2) is 0 Å². The van der Waals surface area contributed by atoms with Gasteiger partial charge < -0.3 is 9.64 Å². The molecule has 8 nitrogen and oxygen atoms in total. The zero-order valence-electron chi connectivity index (χ0n) is 27.0. The molecule has 0 spiro atoms. The van der Waals surface area contributed by atoms with Crippen LogP contribution in [0, 0.1) is 12.8 Å². The highest BCUT2D eigenvalue weighted by Crippen LogP contribution is 2.26. The normalized spacial score (nSPS) is 19.3. The summed E-state index contributed by atoms with van der Waals surface area (Å²) in [6.45, 7) is 12.1. The van der Waals surface area contributed by atoms with Gasteiger partial charge in [0.05, 0.1) is 16.4 Å². The molecule has 1 heterocycles. The third-order valence-electron chi connectivity index (χ3n) is 8.69. The van der Waals surface area contributed by atoms with Gasteiger partial charge in [-0.15, -0.1) is 12.4 Å². The van der Waals surface area contributed by atoms with E-state index in [1.165, 1.54) is 40.7 Å². The van der Waals surface area contributed by atoms with Crippen molar-refractivity contribution in [1.82, 2.24) is 13.5 Å². The van der Waals surface area contributed by atoms with Crippen LogP contribution in [0.15, 0.2) is 70.5 Å². The number of benzene rings is 2. The number of ether oxygens (including phenoxy) is 1. The molecule has 1 saturated carbocycles. The highest BCUT2D eigenvalue weighted by Gasteiger charge is 2.30. The van der Waals surface area contributed by atoms with E-state index in [0.29, 0.717) is 49.8 Å². The number of sulfonamides is 2. The molecule has 2 aromatic carbocycles. The van der Waals surface area contributed by atoms with Crippen molar-refractivity contribution in [2.24, 2.45) is 5.92 Å². The third-order valence-corrected chi connectivity index (χ3v) is 12.4. The molecule has 2 aromatic rings. The number of unbranched alkanes of at least 4 members (excludes halogenated alkanes) is 1. The standard InChI is InChI=1S/C34H51N3O5S2.ClH/c1-4-5-25-42-32-15-19-34(20-16-32)44(40,41)37-24-10-22-35(28-31-11-7-6-8-12-31)21-9-23-36(26-30(3)27-37)43(38,39)33-17-13-29(2)14-18-33;/h13-20,31H,3-12,21-28H2,1-2H3;1H. The van der Waals surface area contributed by atoms with Crippen LogP contribution in [-0.2, 0) is 20.0 Å². The summed E-state index contributed by atoms with van der Waals surface area (Å²) in [5.74, 6) is 1.28. The molecule has 0 unspecified atom stereocenters. The minimum absolute atomic E-state index is 0. The second kappa shape index (κ2) is 17.8. The largest absolute Gasteiger partial charge is 0.494 e. The Hall–Kier alpha value is -1.95. The molecular formula is C34H52ClN3O5S2. The van der Waals surface area contributed by atoms with Gasteiger partial charge in [-0.25, -0.2) is 16.8 Å². The molecule has 45 heavy (non-hydrogen) atoms. The molecule has 2 aliphatic rings. The van der Waals surface area contributed by atoms with Crippen molar-refractivity contribution in [3.8, 4) is 5.75 Å². The lowest BCUT2D eigenvalue weighted by Gasteiger charge is -2.33. The van der Waals surface area contributed by atoms with Crippen LogP contribution in [0.4, 0.5) is 0 Å². The molecule has 4 rings (SSSR count). The SMILES string of the molecule is C=C1CN(S(=O)(=O)c2ccc(C)cc2)CCCN(CC2CCCCC2)CCCN(S(=O)(=O)c2ccc(OCCCC)cc2)C1.Cl. The summed E-state index contributed by atoms with van der Waals surface area (Å²) in [6, 6.07) is 13.5. The number of halogens is 1. The van der Waals surface area contributed by atoms with Gasteiger partial charge in [-0.1, -0.05) is 56.9 Å². The lowest BCUT2D eigenvalue weighted by Crippen LogP contribution is -2.42. The zero-order valence-corrected chi connectivity index (χ0v) is 29.5. The van der Waals surface area contributed by atoms with Gasteiger partial charge >= 0.3 is 0 Å². The Balaban J connectivity index is 0.00000552. The van der Waals surface area contributed by atoms with Gasteiger partial charge in [0.2, 0.25) is 20.0 Å². The van der Waals surface area contributed by atoms with E-state index in [1.807, 2.05) is 6.92 Å². The molecule has 2 fully saturated rings. The molecule has 0 aromatic heterocycles. The van der Waals surface area contributed by atoms with E-state index in [2.05, 4.69) is 18.4 Å². The van der Waals surface area contributed by atoms with Gasteiger partial charge in [-0.05, 0) is 100 Å². The summed E-state index contributed by atoms with van der Waals surface area (Å²) in [6.07, 6.45) is 9.63. The summed E-state index contributed by atoms with van der Waals surface area (Å²) >= 11 is 0. The number of hydrogen-bond donors (Lipinski definition) is 0. The minimum Gasteiger partial charge on any atom is -0.494 e. The van der Waals surface area contributed by atoms with Crippen molar-refractivity contribution in [2.75, 3.05) is 52.4 Å². The van der Waals surface area contributed by atoms with Crippen molar-refractivity contribution in [2.45, 2.75) is 81.4 Å². The number of rotatable bonds is 10. The van der Waals surface area contributed by atoms with E-state index in [-0.39, 0.29) is 35.3 Å². The molecule has 1 aliphatic heterocycles. The Bertz CT molecular complexity index is 1410. The predicted molar refractivity (Wildman–Crippen MR) is 184 cm³/mol. The maximum Gasteiger partial charge on any atom is 0.243 e. The molecule has 1 aliphatic carbocycles. The first-order valence-corrected chi connectivity index (χ1v) is 19.2. The van der Waals surface area contributed by atoms with Crippen LogP contribution >= 0.6 is 12.4 Å². The van der Waals surface area contributed by atoms with Crippen LogP contribution in [0.1, 0.15) is 70.3 Å². The van der Waals surface area contributed by atoms with Gasteiger partial charge in [0.25, 0.3) is 0 Å². The number of aryl methyl sites for hydroxylation is 1. The zero-order chi connectivity index (χ0) is 31.6. The maximum atomic E-state index is 14.0. The van der Waals surface area contributed by atoms with Crippen LogP contribution in [0.2, 0.25) is 0 Å². The van der Waals surface area contributed by atoms with E-state index in [9.17, 15) is 16.8 Å². The summed E-state index contributed by atoms with van der Waals surface area (Å²) in [5, 5.41) is 0. The highest BCUT2D eigenvalue weighted by atomic mass is 35.5. The molecule has 11 heteroatoms. The van der Waals surface area contributed by atoms with E-state index in [0.717, 1.165) is 38.0 Å². The summed E-state index contributed by atoms with van der Waals surface area (Å²) < 4.78 is 64.2. The fourth-order valence-corrected chi connectivity index (χ4v) is 9.14. The Morgan fingerprint density at radius 3 is 1.78 bits per heavy atom. The maximum absolute atomic E-state index is 14.0. The lowest BCUT2D eigenvalue weighted by atomic mass is 9.89. The highest BCUT2D eigenvalue weighted by molar-refractivity contribution is 7.89. The molecule has 252 valence electrons. The van der Waals surface area contributed by atoms with E-state index >= 15 is 0 Å². The van der Waals surface area contributed by atoms with Crippen molar-refractivity contribution in [1.29, 1.82) is 0 Å². The van der Waals surface area contributed by atoms with Gasteiger partial charge in [-0.2, -0.15) is 8.61 Å². The summed E-state index contributed by atoms with van der Waals surface area (Å²) in [7, 11) is -7.64. The van der Waals surface area contributed by atoms with E-state index in [4.69, 9.17) is 4.74 Å².